The van der Waals surface area contributed by atoms with E-state index < -0.39 is 5.92 Å². The molecule has 0 saturated heterocycles. The van der Waals surface area contributed by atoms with Crippen molar-refractivity contribution in [2.24, 2.45) is 5.73 Å². The summed E-state index contributed by atoms with van der Waals surface area (Å²) in [5.41, 5.74) is 10.6. The number of hydrogen-bond acceptors (Lipinski definition) is 5. The van der Waals surface area contributed by atoms with Crippen LogP contribution in [-0.2, 0) is 0 Å². The number of hydrogen-bond donors (Lipinski definition) is 3. The van der Waals surface area contributed by atoms with Crippen LogP contribution in [0.25, 0.3) is 10.9 Å². The van der Waals surface area contributed by atoms with Crippen LogP contribution in [0.5, 0.6) is 5.88 Å². The SMILES string of the molecule is Cc1cc(C)c2[nH]c(=O)c([C@H]3C(C#N)=C(N)Oc4n[nH]c(C)c43)cc2c1. The van der Waals surface area contributed by atoms with Crippen molar-refractivity contribution in [2.45, 2.75) is 26.7 Å². The lowest BCUT2D eigenvalue weighted by atomic mass is 9.84. The molecular weight excluding hydrogens is 330 g/mol. The normalized spacial score (nSPS) is 16.3. The Bertz CT molecular complexity index is 1190. The molecule has 0 bridgehead atoms. The van der Waals surface area contributed by atoms with Crippen molar-refractivity contribution in [2.75, 3.05) is 0 Å². The van der Waals surface area contributed by atoms with Gasteiger partial charge in [-0.05, 0) is 43.9 Å². The standard InChI is InChI=1S/C19H17N5O2/c1-8-4-9(2)16-11(5-8)6-12(18(25)22-16)15-13(7-20)17(21)26-19-14(15)10(3)23-24-19/h4-6,15H,21H2,1-3H3,(H,22,25)(H,23,24)/t15-/m0/s1. The van der Waals surface area contributed by atoms with Crippen molar-refractivity contribution in [3.8, 4) is 11.9 Å². The highest BCUT2D eigenvalue weighted by Gasteiger charge is 2.35. The predicted octanol–water partition coefficient (Wildman–Crippen LogP) is 2.39. The molecule has 0 aliphatic carbocycles. The average Bonchev–Trinajstić information content (AvgIpc) is 2.94. The Morgan fingerprint density at radius 2 is 2.04 bits per heavy atom. The first-order valence-corrected chi connectivity index (χ1v) is 8.17. The molecule has 4 N–H and O–H groups in total. The minimum absolute atomic E-state index is 0.0311. The molecule has 7 heteroatoms. The molecule has 4 rings (SSSR count). The van der Waals surface area contributed by atoms with Gasteiger partial charge in [0, 0.05) is 16.8 Å². The maximum atomic E-state index is 12.9. The smallest absolute Gasteiger partial charge is 0.252 e. The molecule has 1 aromatic carbocycles. The molecule has 26 heavy (non-hydrogen) atoms. The molecule has 130 valence electrons. The van der Waals surface area contributed by atoms with Gasteiger partial charge in [-0.25, -0.2) is 0 Å². The van der Waals surface area contributed by atoms with Gasteiger partial charge in [0.15, 0.2) is 0 Å². The van der Waals surface area contributed by atoms with Gasteiger partial charge in [-0.1, -0.05) is 11.6 Å². The Labute approximate surface area is 149 Å². The lowest BCUT2D eigenvalue weighted by Gasteiger charge is -2.23. The summed E-state index contributed by atoms with van der Waals surface area (Å²) in [5.74, 6) is -0.364. The van der Waals surface area contributed by atoms with E-state index in [0.717, 1.165) is 27.7 Å². The fourth-order valence-corrected chi connectivity index (χ4v) is 3.63. The molecule has 2 aromatic heterocycles. The van der Waals surface area contributed by atoms with Gasteiger partial charge >= 0.3 is 0 Å². The van der Waals surface area contributed by atoms with Crippen molar-refractivity contribution in [3.63, 3.8) is 0 Å². The van der Waals surface area contributed by atoms with E-state index in [0.29, 0.717) is 17.0 Å². The van der Waals surface area contributed by atoms with Gasteiger partial charge in [-0.3, -0.25) is 9.89 Å². The fraction of sp³-hybridized carbons (Fsp3) is 0.211. The van der Waals surface area contributed by atoms with Crippen LogP contribution in [0, 0.1) is 32.1 Å². The average molecular weight is 347 g/mol. The number of fused-ring (bicyclic) bond motifs is 2. The van der Waals surface area contributed by atoms with Crippen LogP contribution in [0.4, 0.5) is 0 Å². The number of rotatable bonds is 1. The second kappa shape index (κ2) is 5.49. The van der Waals surface area contributed by atoms with Crippen LogP contribution in [-0.4, -0.2) is 15.2 Å². The first-order chi connectivity index (χ1) is 12.4. The number of nitrogens with two attached hydrogens (primary N) is 1. The third-order valence-electron chi connectivity index (χ3n) is 4.76. The Morgan fingerprint density at radius 3 is 2.77 bits per heavy atom. The van der Waals surface area contributed by atoms with Crippen molar-refractivity contribution in [1.29, 1.82) is 5.26 Å². The highest BCUT2D eigenvalue weighted by atomic mass is 16.5. The van der Waals surface area contributed by atoms with E-state index in [2.05, 4.69) is 21.3 Å². The number of aromatic amines is 2. The van der Waals surface area contributed by atoms with E-state index in [1.807, 2.05) is 39.0 Å². The number of aryl methyl sites for hydroxylation is 3. The van der Waals surface area contributed by atoms with E-state index in [9.17, 15) is 10.1 Å². The molecule has 0 saturated carbocycles. The maximum absolute atomic E-state index is 12.9. The zero-order valence-corrected chi connectivity index (χ0v) is 14.6. The van der Waals surface area contributed by atoms with Crippen molar-refractivity contribution in [1.82, 2.24) is 15.2 Å². The molecule has 7 nitrogen and oxygen atoms in total. The molecule has 3 aromatic rings. The fourth-order valence-electron chi connectivity index (χ4n) is 3.63. The van der Waals surface area contributed by atoms with Gasteiger partial charge in [0.2, 0.25) is 11.8 Å². The summed E-state index contributed by atoms with van der Waals surface area (Å²) in [4.78, 5) is 15.8. The van der Waals surface area contributed by atoms with Crippen molar-refractivity contribution >= 4 is 10.9 Å². The number of allylic oxidation sites excluding steroid dienone is 1. The molecule has 1 atom stereocenters. The summed E-state index contributed by atoms with van der Waals surface area (Å²) in [6, 6.07) is 7.94. The van der Waals surface area contributed by atoms with Crippen molar-refractivity contribution < 1.29 is 4.74 Å². The highest BCUT2D eigenvalue weighted by molar-refractivity contribution is 5.83. The second-order valence-corrected chi connectivity index (χ2v) is 6.59. The molecule has 0 amide bonds. The zero-order valence-electron chi connectivity index (χ0n) is 14.6. The molecular formula is C19H17N5O2. The summed E-state index contributed by atoms with van der Waals surface area (Å²) >= 11 is 0. The summed E-state index contributed by atoms with van der Waals surface area (Å²) in [6.45, 7) is 5.78. The van der Waals surface area contributed by atoms with Gasteiger partial charge in [0.05, 0.1) is 11.4 Å². The summed E-state index contributed by atoms with van der Waals surface area (Å²) in [5, 5.41) is 17.5. The van der Waals surface area contributed by atoms with E-state index in [1.54, 1.807) is 0 Å². The number of benzene rings is 1. The van der Waals surface area contributed by atoms with E-state index >= 15 is 0 Å². The van der Waals surface area contributed by atoms with Gasteiger partial charge in [-0.2, -0.15) is 5.26 Å². The second-order valence-electron chi connectivity index (χ2n) is 6.59. The molecule has 0 unspecified atom stereocenters. The lowest BCUT2D eigenvalue weighted by Crippen LogP contribution is -2.25. The summed E-state index contributed by atoms with van der Waals surface area (Å²) in [6.07, 6.45) is 0. The molecule has 0 fully saturated rings. The van der Waals surface area contributed by atoms with Crippen LogP contribution >= 0.6 is 0 Å². The number of ether oxygens (including phenoxy) is 1. The van der Waals surface area contributed by atoms with Gasteiger partial charge in [-0.15, -0.1) is 5.10 Å². The van der Waals surface area contributed by atoms with Crippen LogP contribution in [0.2, 0.25) is 0 Å². The Kier molecular flexibility index (Phi) is 3.37. The van der Waals surface area contributed by atoms with Crippen LogP contribution in [0.1, 0.15) is 33.9 Å². The minimum atomic E-state index is -0.628. The summed E-state index contributed by atoms with van der Waals surface area (Å²) in [7, 11) is 0. The Morgan fingerprint density at radius 1 is 1.27 bits per heavy atom. The topological polar surface area (TPSA) is 121 Å². The largest absolute Gasteiger partial charge is 0.420 e. The molecule has 0 spiro atoms. The minimum Gasteiger partial charge on any atom is -0.420 e. The van der Waals surface area contributed by atoms with Crippen LogP contribution in [0.15, 0.2) is 34.4 Å². The van der Waals surface area contributed by atoms with Gasteiger partial charge in [0.1, 0.15) is 11.6 Å². The summed E-state index contributed by atoms with van der Waals surface area (Å²) < 4.78 is 5.45. The third kappa shape index (κ3) is 2.19. The first kappa shape index (κ1) is 16.0. The number of nitriles is 1. The molecule has 0 radical (unpaired) electrons. The number of nitrogens with one attached hydrogen (secondary N) is 2. The monoisotopic (exact) mass is 347 g/mol. The Balaban J connectivity index is 2.05. The molecule has 3 heterocycles. The van der Waals surface area contributed by atoms with E-state index in [4.69, 9.17) is 10.5 Å². The third-order valence-corrected chi connectivity index (χ3v) is 4.76. The molecule has 1 aliphatic rings. The predicted molar refractivity (Wildman–Crippen MR) is 96.7 cm³/mol. The first-order valence-electron chi connectivity index (χ1n) is 8.17. The van der Waals surface area contributed by atoms with Gasteiger partial charge < -0.3 is 15.5 Å². The van der Waals surface area contributed by atoms with Crippen LogP contribution in [0.3, 0.4) is 0 Å². The number of nitrogens with zero attached hydrogens (tertiary/aromatic N) is 2. The number of pyridine rings is 1. The maximum Gasteiger partial charge on any atom is 0.252 e. The van der Waals surface area contributed by atoms with Crippen LogP contribution < -0.4 is 16.0 Å². The lowest BCUT2D eigenvalue weighted by molar-refractivity contribution is 0.378. The molecule has 1 aliphatic heterocycles. The Hall–Kier alpha value is -3.53. The quantitative estimate of drug-likeness (QED) is 0.624. The van der Waals surface area contributed by atoms with E-state index in [1.165, 1.54) is 0 Å². The van der Waals surface area contributed by atoms with Crippen molar-refractivity contribution in [3.05, 3.63) is 68.0 Å². The number of H-pyrrole nitrogens is 2. The van der Waals surface area contributed by atoms with E-state index in [-0.39, 0.29) is 17.0 Å². The van der Waals surface area contributed by atoms with Gasteiger partial charge in [0.25, 0.3) is 5.56 Å². The zero-order chi connectivity index (χ0) is 18.6. The number of aromatic nitrogens is 3. The highest BCUT2D eigenvalue weighted by Crippen LogP contribution is 2.41.